The highest BCUT2D eigenvalue weighted by atomic mass is 35.5. The highest BCUT2D eigenvalue weighted by molar-refractivity contribution is 7.16. The smallest absolute Gasteiger partial charge is 0.349 e. The van der Waals surface area contributed by atoms with E-state index in [-0.39, 0.29) is 23.4 Å². The van der Waals surface area contributed by atoms with Crippen molar-refractivity contribution in [1.82, 2.24) is 19.9 Å². The molecule has 1 aliphatic rings. The highest BCUT2D eigenvalue weighted by Crippen LogP contribution is 2.37. The van der Waals surface area contributed by atoms with Crippen molar-refractivity contribution >= 4 is 39.1 Å². The second-order valence-corrected chi connectivity index (χ2v) is 9.51. The Labute approximate surface area is 200 Å². The molecule has 0 spiro atoms. The summed E-state index contributed by atoms with van der Waals surface area (Å²) in [5.41, 5.74) is 2.82. The average molecular weight is 498 g/mol. The Morgan fingerprint density at radius 3 is 2.36 bits per heavy atom. The third kappa shape index (κ3) is 4.81. The van der Waals surface area contributed by atoms with Crippen LogP contribution < -0.4 is 4.90 Å². The molecule has 1 fully saturated rings. The standard InChI is InChI=1S/C23H27ClF3N5S/c1-4-16-12-32(20-19-21(33-13-28-19)30-22(24)29-20)17(5-2)11-31(16)18(6-3)14-7-9-15(10-8-14)23(25,26)27/h7-10,13,16-18H,4-6,11-12H2,1-3H3/t16-,17+,18-/m1/s1. The first-order valence-corrected chi connectivity index (χ1v) is 12.5. The maximum absolute atomic E-state index is 13.1. The summed E-state index contributed by atoms with van der Waals surface area (Å²) in [6, 6.07) is 6.05. The summed E-state index contributed by atoms with van der Waals surface area (Å²) in [4.78, 5) is 18.8. The lowest BCUT2D eigenvalue weighted by molar-refractivity contribution is -0.137. The topological polar surface area (TPSA) is 45.2 Å². The molecule has 0 unspecified atom stereocenters. The molecular weight excluding hydrogens is 471 g/mol. The molecule has 0 aliphatic carbocycles. The van der Waals surface area contributed by atoms with E-state index in [2.05, 4.69) is 45.5 Å². The predicted octanol–water partition coefficient (Wildman–Crippen LogP) is 6.59. The number of anilines is 1. The van der Waals surface area contributed by atoms with Crippen LogP contribution in [0.2, 0.25) is 5.28 Å². The molecule has 178 valence electrons. The largest absolute Gasteiger partial charge is 0.416 e. The van der Waals surface area contributed by atoms with Crippen LogP contribution >= 0.6 is 22.9 Å². The molecular formula is C23H27ClF3N5S. The van der Waals surface area contributed by atoms with Gasteiger partial charge in [-0.1, -0.05) is 32.9 Å². The molecule has 0 radical (unpaired) electrons. The molecule has 3 heterocycles. The molecule has 0 bridgehead atoms. The van der Waals surface area contributed by atoms with E-state index in [1.165, 1.54) is 23.5 Å². The number of halogens is 4. The first kappa shape index (κ1) is 24.2. The summed E-state index contributed by atoms with van der Waals surface area (Å²) in [5, 5.41) is 0.211. The number of thiazole rings is 1. The molecule has 4 rings (SSSR count). The summed E-state index contributed by atoms with van der Waals surface area (Å²) in [7, 11) is 0. The Kier molecular flexibility index (Phi) is 7.12. The molecule has 3 aromatic rings. The number of rotatable bonds is 6. The van der Waals surface area contributed by atoms with E-state index in [4.69, 9.17) is 11.6 Å². The fourth-order valence-electron chi connectivity index (χ4n) is 4.80. The number of nitrogens with zero attached hydrogens (tertiary/aromatic N) is 5. The molecule has 1 aromatic carbocycles. The monoisotopic (exact) mass is 497 g/mol. The van der Waals surface area contributed by atoms with E-state index < -0.39 is 11.7 Å². The van der Waals surface area contributed by atoms with Crippen LogP contribution in [-0.2, 0) is 6.18 Å². The van der Waals surface area contributed by atoms with Gasteiger partial charge in [0.2, 0.25) is 5.28 Å². The Morgan fingerprint density at radius 1 is 1.06 bits per heavy atom. The van der Waals surface area contributed by atoms with Gasteiger partial charge in [-0.25, -0.2) is 9.97 Å². The summed E-state index contributed by atoms with van der Waals surface area (Å²) in [6.45, 7) is 7.90. The van der Waals surface area contributed by atoms with E-state index in [1.54, 1.807) is 17.6 Å². The lowest BCUT2D eigenvalue weighted by Crippen LogP contribution is -2.59. The summed E-state index contributed by atoms with van der Waals surface area (Å²) >= 11 is 7.67. The number of hydrogen-bond donors (Lipinski definition) is 0. The van der Waals surface area contributed by atoms with Crippen LogP contribution in [0.1, 0.15) is 57.2 Å². The number of fused-ring (bicyclic) bond motifs is 1. The Balaban J connectivity index is 1.65. The maximum atomic E-state index is 13.1. The van der Waals surface area contributed by atoms with Crippen LogP contribution in [0.15, 0.2) is 29.8 Å². The first-order valence-electron chi connectivity index (χ1n) is 11.2. The molecule has 10 heteroatoms. The van der Waals surface area contributed by atoms with Crippen LogP contribution in [0.4, 0.5) is 19.0 Å². The van der Waals surface area contributed by atoms with Gasteiger partial charge in [-0.2, -0.15) is 18.2 Å². The molecule has 5 nitrogen and oxygen atoms in total. The molecule has 0 saturated carbocycles. The van der Waals surface area contributed by atoms with Crippen molar-refractivity contribution in [2.75, 3.05) is 18.0 Å². The van der Waals surface area contributed by atoms with Gasteiger partial charge in [0.15, 0.2) is 10.6 Å². The summed E-state index contributed by atoms with van der Waals surface area (Å²) in [6.07, 6.45) is -1.72. The van der Waals surface area contributed by atoms with Gasteiger partial charge < -0.3 is 4.90 Å². The second-order valence-electron chi connectivity index (χ2n) is 8.34. The van der Waals surface area contributed by atoms with Crippen LogP contribution in [0, 0.1) is 0 Å². The minimum absolute atomic E-state index is 0.0433. The van der Waals surface area contributed by atoms with Crippen LogP contribution in [0.25, 0.3) is 10.3 Å². The fourth-order valence-corrected chi connectivity index (χ4v) is 5.67. The number of piperazine rings is 1. The van der Waals surface area contributed by atoms with Crippen molar-refractivity contribution < 1.29 is 13.2 Å². The van der Waals surface area contributed by atoms with Crippen LogP contribution in [-0.4, -0.2) is 45.0 Å². The molecule has 3 atom stereocenters. The van der Waals surface area contributed by atoms with E-state index in [1.807, 2.05) is 0 Å². The highest BCUT2D eigenvalue weighted by Gasteiger charge is 2.38. The maximum Gasteiger partial charge on any atom is 0.416 e. The van der Waals surface area contributed by atoms with Gasteiger partial charge in [-0.05, 0) is 48.6 Å². The van der Waals surface area contributed by atoms with Crippen molar-refractivity contribution in [3.05, 3.63) is 46.2 Å². The first-order chi connectivity index (χ1) is 15.8. The quantitative estimate of drug-likeness (QED) is 0.359. The van der Waals surface area contributed by atoms with Gasteiger partial charge in [-0.15, -0.1) is 11.3 Å². The van der Waals surface area contributed by atoms with E-state index in [0.29, 0.717) is 0 Å². The van der Waals surface area contributed by atoms with Gasteiger partial charge in [0, 0.05) is 31.2 Å². The zero-order chi connectivity index (χ0) is 23.8. The summed E-state index contributed by atoms with van der Waals surface area (Å²) in [5.74, 6) is 0.763. The zero-order valence-electron chi connectivity index (χ0n) is 18.8. The minimum atomic E-state index is -4.33. The van der Waals surface area contributed by atoms with Crippen molar-refractivity contribution in [2.45, 2.75) is 64.3 Å². The Bertz CT molecular complexity index is 1090. The van der Waals surface area contributed by atoms with Crippen LogP contribution in [0.5, 0.6) is 0 Å². The lowest BCUT2D eigenvalue weighted by atomic mass is 9.94. The van der Waals surface area contributed by atoms with Crippen molar-refractivity contribution in [3.63, 3.8) is 0 Å². The van der Waals surface area contributed by atoms with Gasteiger partial charge in [0.1, 0.15) is 5.52 Å². The lowest BCUT2D eigenvalue weighted by Gasteiger charge is -2.49. The Morgan fingerprint density at radius 2 is 1.76 bits per heavy atom. The normalized spacial score (nSPS) is 21.0. The SMILES string of the molecule is CC[C@H]1CN([C@H](CC)c2ccc(C(F)(F)F)cc2)[C@H](CC)CN1c1nc(Cl)nc2scnc12. The average Bonchev–Trinajstić information content (AvgIpc) is 3.27. The molecule has 1 aliphatic heterocycles. The second kappa shape index (κ2) is 9.72. The van der Waals surface area contributed by atoms with E-state index in [0.717, 1.165) is 54.1 Å². The molecule has 1 saturated heterocycles. The van der Waals surface area contributed by atoms with Gasteiger partial charge in [0.25, 0.3) is 0 Å². The number of aromatic nitrogens is 3. The molecule has 33 heavy (non-hydrogen) atoms. The van der Waals surface area contributed by atoms with Crippen LogP contribution in [0.3, 0.4) is 0 Å². The molecule has 2 aromatic heterocycles. The predicted molar refractivity (Wildman–Crippen MR) is 127 cm³/mol. The van der Waals surface area contributed by atoms with Gasteiger partial charge in [0.05, 0.1) is 11.1 Å². The fraction of sp³-hybridized carbons (Fsp3) is 0.522. The molecule has 0 N–H and O–H groups in total. The van der Waals surface area contributed by atoms with Crippen molar-refractivity contribution in [2.24, 2.45) is 0 Å². The van der Waals surface area contributed by atoms with Crippen molar-refractivity contribution in [3.8, 4) is 0 Å². The third-order valence-electron chi connectivity index (χ3n) is 6.52. The van der Waals surface area contributed by atoms with E-state index in [9.17, 15) is 13.2 Å². The molecule has 0 amide bonds. The van der Waals surface area contributed by atoms with Gasteiger partial charge in [-0.3, -0.25) is 4.90 Å². The zero-order valence-corrected chi connectivity index (χ0v) is 20.4. The number of hydrogen-bond acceptors (Lipinski definition) is 6. The minimum Gasteiger partial charge on any atom is -0.349 e. The van der Waals surface area contributed by atoms with Gasteiger partial charge >= 0.3 is 6.18 Å². The Hall–Kier alpha value is -1.97. The number of alkyl halides is 3. The van der Waals surface area contributed by atoms with Crippen molar-refractivity contribution in [1.29, 1.82) is 0 Å². The number of benzene rings is 1. The third-order valence-corrected chi connectivity index (χ3v) is 7.40. The van der Waals surface area contributed by atoms with E-state index >= 15 is 0 Å². The summed E-state index contributed by atoms with van der Waals surface area (Å²) < 4.78 is 39.2.